The smallest absolute Gasteiger partial charge is 0.422 e. The van der Waals surface area contributed by atoms with Crippen LogP contribution in [0.4, 0.5) is 18.9 Å². The fourth-order valence-electron chi connectivity index (χ4n) is 6.31. The third-order valence-corrected chi connectivity index (χ3v) is 8.85. The molecule has 49 heavy (non-hydrogen) atoms. The molecule has 262 valence electrons. The van der Waals surface area contributed by atoms with Crippen LogP contribution in [-0.2, 0) is 28.1 Å². The number of methoxy groups -OCH3 is 1. The summed E-state index contributed by atoms with van der Waals surface area (Å²) in [6.07, 6.45) is -1.88. The Kier molecular flexibility index (Phi) is 11.1. The molecule has 1 aromatic heterocycles. The minimum atomic E-state index is -5.05. The number of aliphatic hydroxyl groups is 1. The first-order chi connectivity index (χ1) is 23.4. The van der Waals surface area contributed by atoms with Crippen molar-refractivity contribution in [2.45, 2.75) is 63.5 Å². The Morgan fingerprint density at radius 1 is 1.02 bits per heavy atom. The first kappa shape index (κ1) is 35.7. The van der Waals surface area contributed by atoms with Gasteiger partial charge in [-0.25, -0.2) is 0 Å². The van der Waals surface area contributed by atoms with Gasteiger partial charge in [-0.15, -0.1) is 0 Å². The molecule has 1 aliphatic rings. The normalized spacial score (nSPS) is 16.9. The average molecular weight is 684 g/mol. The number of carbonyl (C=O) groups is 1. The summed E-state index contributed by atoms with van der Waals surface area (Å²) >= 11 is 0. The lowest BCUT2D eigenvalue weighted by atomic mass is 9.91. The van der Waals surface area contributed by atoms with Crippen molar-refractivity contribution in [2.75, 3.05) is 33.4 Å². The number of likely N-dealkylation sites (tertiary alicyclic amines) is 1. The zero-order valence-corrected chi connectivity index (χ0v) is 27.4. The van der Waals surface area contributed by atoms with E-state index in [2.05, 4.69) is 0 Å². The molecular weight excluding hydrogens is 643 g/mol. The molecule has 0 spiro atoms. The highest BCUT2D eigenvalue weighted by molar-refractivity contribution is 5.87. The topological polar surface area (TPSA) is 116 Å². The first-order valence-corrected chi connectivity index (χ1v) is 16.2. The standard InChI is InChI=1S/C36H40F3N3O7/c1-3-48-34(43)16-12-25-11-15-32(33(20-25)47-2)49-28-10-7-18-40(19-17-28)24-35(44,36(37,38)39)30-23-41(22-26-8-5-4-6-9-26)31-21-27(42(45)46)13-14-29(30)31/h4-6,8-9,11,13-15,20-21,23,28,44H,3,7,10,12,16-19,22,24H2,1-2H3. The second kappa shape index (κ2) is 15.3. The largest absolute Gasteiger partial charge is 0.493 e. The molecule has 10 nitrogen and oxygen atoms in total. The molecule has 0 bridgehead atoms. The average Bonchev–Trinajstić information content (AvgIpc) is 3.29. The molecule has 3 aromatic carbocycles. The number of ether oxygens (including phenoxy) is 3. The molecule has 2 heterocycles. The van der Waals surface area contributed by atoms with E-state index in [1.54, 1.807) is 36.1 Å². The Hall–Kier alpha value is -4.62. The van der Waals surface area contributed by atoms with Gasteiger partial charge in [0.25, 0.3) is 5.69 Å². The van der Waals surface area contributed by atoms with Crippen molar-refractivity contribution in [1.29, 1.82) is 0 Å². The molecule has 1 fully saturated rings. The molecule has 0 aliphatic carbocycles. The number of halogens is 3. The van der Waals surface area contributed by atoms with E-state index < -0.39 is 23.2 Å². The van der Waals surface area contributed by atoms with Crippen LogP contribution in [0.1, 0.15) is 49.3 Å². The number of rotatable bonds is 13. The third-order valence-electron chi connectivity index (χ3n) is 8.85. The number of β-amino-alcohol motifs (C(OH)–C–C–N with tert-alkyl or cyclic N) is 1. The zero-order chi connectivity index (χ0) is 35.2. The molecule has 5 rings (SSSR count). The Morgan fingerprint density at radius 3 is 2.49 bits per heavy atom. The van der Waals surface area contributed by atoms with Gasteiger partial charge in [-0.2, -0.15) is 13.2 Å². The number of aromatic nitrogens is 1. The molecule has 13 heteroatoms. The molecule has 0 amide bonds. The monoisotopic (exact) mass is 683 g/mol. The minimum Gasteiger partial charge on any atom is -0.493 e. The highest BCUT2D eigenvalue weighted by Gasteiger charge is 2.57. The van der Waals surface area contributed by atoms with Gasteiger partial charge in [-0.05, 0) is 68.5 Å². The summed E-state index contributed by atoms with van der Waals surface area (Å²) < 4.78 is 63.2. The van der Waals surface area contributed by atoms with E-state index in [1.807, 2.05) is 24.3 Å². The second-order valence-electron chi connectivity index (χ2n) is 12.2. The lowest BCUT2D eigenvalue weighted by Gasteiger charge is -2.35. The van der Waals surface area contributed by atoms with E-state index >= 15 is 0 Å². The number of esters is 1. The summed E-state index contributed by atoms with van der Waals surface area (Å²) in [5.74, 6) is 0.693. The number of nitro groups is 1. The zero-order valence-electron chi connectivity index (χ0n) is 27.4. The maximum atomic E-state index is 15.0. The second-order valence-corrected chi connectivity index (χ2v) is 12.2. The minimum absolute atomic E-state index is 0.0928. The van der Waals surface area contributed by atoms with Crippen LogP contribution in [0.15, 0.2) is 72.9 Å². The van der Waals surface area contributed by atoms with Gasteiger partial charge >= 0.3 is 12.1 Å². The number of hydrogen-bond donors (Lipinski definition) is 1. The number of nitrogens with zero attached hydrogens (tertiary/aromatic N) is 3. The van der Waals surface area contributed by atoms with E-state index in [1.165, 1.54) is 30.0 Å². The number of nitro benzene ring substituents is 1. The summed E-state index contributed by atoms with van der Waals surface area (Å²) in [5.41, 5.74) is -1.99. The maximum absolute atomic E-state index is 15.0. The molecule has 1 N–H and O–H groups in total. The molecule has 2 atom stereocenters. The molecule has 4 aromatic rings. The lowest BCUT2D eigenvalue weighted by Crippen LogP contribution is -2.51. The van der Waals surface area contributed by atoms with Gasteiger partial charge in [0.05, 0.1) is 24.2 Å². The number of benzene rings is 3. The molecule has 0 radical (unpaired) electrons. The summed E-state index contributed by atoms with van der Waals surface area (Å²) in [4.78, 5) is 24.3. The maximum Gasteiger partial charge on any atom is 0.422 e. The highest BCUT2D eigenvalue weighted by atomic mass is 19.4. The molecule has 1 saturated heterocycles. The number of non-ortho nitro benzene ring substituents is 1. The van der Waals surface area contributed by atoms with Gasteiger partial charge in [-0.3, -0.25) is 19.8 Å². The van der Waals surface area contributed by atoms with E-state index in [-0.39, 0.29) is 53.7 Å². The molecular formula is C36H40F3N3O7. The van der Waals surface area contributed by atoms with Crippen molar-refractivity contribution >= 4 is 22.6 Å². The fraction of sp³-hybridized carbons (Fsp3) is 0.417. The number of alkyl halides is 3. The van der Waals surface area contributed by atoms with Crippen LogP contribution >= 0.6 is 0 Å². The first-order valence-electron chi connectivity index (χ1n) is 16.2. The van der Waals surface area contributed by atoms with Gasteiger partial charge < -0.3 is 23.9 Å². The van der Waals surface area contributed by atoms with Crippen LogP contribution in [0, 0.1) is 10.1 Å². The van der Waals surface area contributed by atoms with Gasteiger partial charge in [-0.1, -0.05) is 36.4 Å². The van der Waals surface area contributed by atoms with Crippen LogP contribution in [0.2, 0.25) is 0 Å². The van der Waals surface area contributed by atoms with E-state index in [0.717, 1.165) is 17.2 Å². The lowest BCUT2D eigenvalue weighted by molar-refractivity contribution is -0.384. The predicted octanol–water partition coefficient (Wildman–Crippen LogP) is 6.79. The van der Waals surface area contributed by atoms with Crippen LogP contribution < -0.4 is 9.47 Å². The van der Waals surface area contributed by atoms with Crippen molar-refractivity contribution in [3.05, 3.63) is 99.7 Å². The van der Waals surface area contributed by atoms with Gasteiger partial charge in [0.15, 0.2) is 11.5 Å². The van der Waals surface area contributed by atoms with Gasteiger partial charge in [0, 0.05) is 55.3 Å². The number of aryl methyl sites for hydroxylation is 1. The molecule has 0 saturated carbocycles. The highest BCUT2D eigenvalue weighted by Crippen LogP contribution is 2.44. The fourth-order valence-corrected chi connectivity index (χ4v) is 6.31. The van der Waals surface area contributed by atoms with E-state index in [0.29, 0.717) is 50.3 Å². The van der Waals surface area contributed by atoms with Crippen LogP contribution in [0.25, 0.3) is 10.9 Å². The summed E-state index contributed by atoms with van der Waals surface area (Å²) in [7, 11) is 1.51. The summed E-state index contributed by atoms with van der Waals surface area (Å²) in [6.45, 7) is 2.04. The van der Waals surface area contributed by atoms with E-state index in [9.17, 15) is 33.2 Å². The number of fused-ring (bicyclic) bond motifs is 1. The Labute approximate surface area is 282 Å². The van der Waals surface area contributed by atoms with E-state index in [4.69, 9.17) is 14.2 Å². The van der Waals surface area contributed by atoms with Crippen molar-refractivity contribution < 1.29 is 42.2 Å². The van der Waals surface area contributed by atoms with Crippen LogP contribution in [0.5, 0.6) is 11.5 Å². The van der Waals surface area contributed by atoms with Crippen molar-refractivity contribution in [1.82, 2.24) is 9.47 Å². The van der Waals surface area contributed by atoms with Gasteiger partial charge in [0.1, 0.15) is 6.10 Å². The molecule has 2 unspecified atom stereocenters. The Morgan fingerprint density at radius 2 is 1.80 bits per heavy atom. The summed E-state index contributed by atoms with van der Waals surface area (Å²) in [6, 6.07) is 18.1. The van der Waals surface area contributed by atoms with Gasteiger partial charge in [0.2, 0.25) is 5.60 Å². The van der Waals surface area contributed by atoms with Crippen molar-refractivity contribution in [3.8, 4) is 11.5 Å². The van der Waals surface area contributed by atoms with Crippen molar-refractivity contribution in [2.24, 2.45) is 0 Å². The number of carbonyl (C=O) groups excluding carboxylic acids is 1. The summed E-state index contributed by atoms with van der Waals surface area (Å²) in [5, 5.41) is 23.3. The molecule has 1 aliphatic heterocycles. The number of hydrogen-bond acceptors (Lipinski definition) is 8. The quantitative estimate of drug-likeness (QED) is 0.0931. The predicted molar refractivity (Wildman–Crippen MR) is 177 cm³/mol. The van der Waals surface area contributed by atoms with Crippen molar-refractivity contribution in [3.63, 3.8) is 0 Å². The third kappa shape index (κ3) is 8.34. The van der Waals surface area contributed by atoms with Crippen LogP contribution in [0.3, 0.4) is 0 Å². The Balaban J connectivity index is 1.35. The van der Waals surface area contributed by atoms with Crippen LogP contribution in [-0.4, -0.2) is 71.1 Å². The Bertz CT molecular complexity index is 1760. The SMILES string of the molecule is CCOC(=O)CCc1ccc(OC2CCCN(CC(O)(c3cn(Cc4ccccc4)c4cc([N+](=O)[O-])ccc34)C(F)(F)F)CC2)c(OC)c1.